The zero-order valence-corrected chi connectivity index (χ0v) is 15.5. The van der Waals surface area contributed by atoms with Gasteiger partial charge in [-0.05, 0) is 18.6 Å². The number of guanidine groups is 1. The minimum Gasteiger partial charge on any atom is -0.490 e. The van der Waals surface area contributed by atoms with E-state index in [0.717, 1.165) is 30.0 Å². The molecular formula is C16H24IN3O3. The summed E-state index contributed by atoms with van der Waals surface area (Å²) in [6, 6.07) is 5.62. The van der Waals surface area contributed by atoms with Gasteiger partial charge in [-0.1, -0.05) is 6.08 Å². The number of nitrogens with zero attached hydrogens (tertiary/aromatic N) is 1. The van der Waals surface area contributed by atoms with Gasteiger partial charge >= 0.3 is 0 Å². The van der Waals surface area contributed by atoms with Crippen molar-refractivity contribution in [3.05, 3.63) is 30.9 Å². The molecule has 0 fully saturated rings. The van der Waals surface area contributed by atoms with Crippen LogP contribution in [-0.2, 0) is 4.74 Å². The minimum atomic E-state index is 0. The van der Waals surface area contributed by atoms with Crippen LogP contribution in [0.1, 0.15) is 12.8 Å². The van der Waals surface area contributed by atoms with Crippen LogP contribution in [0.15, 0.2) is 35.8 Å². The molecule has 0 amide bonds. The molecule has 6 nitrogen and oxygen atoms in total. The van der Waals surface area contributed by atoms with Crippen LogP contribution >= 0.6 is 24.0 Å². The lowest BCUT2D eigenvalue weighted by atomic mass is 10.3. The third kappa shape index (κ3) is 7.08. The molecule has 1 aromatic rings. The van der Waals surface area contributed by atoms with Gasteiger partial charge in [0.25, 0.3) is 0 Å². The summed E-state index contributed by atoms with van der Waals surface area (Å²) in [5, 5.41) is 3.03. The Hall–Kier alpha value is -1.48. The molecule has 0 saturated heterocycles. The fraction of sp³-hybridized carbons (Fsp3) is 0.438. The number of benzene rings is 1. The second kappa shape index (κ2) is 11.1. The van der Waals surface area contributed by atoms with Gasteiger partial charge in [-0.3, -0.25) is 4.99 Å². The van der Waals surface area contributed by atoms with Crippen LogP contribution in [0.25, 0.3) is 0 Å². The first-order valence-electron chi connectivity index (χ1n) is 7.45. The SMILES string of the molecule is C=CCCOCCN=C(N)Nc1ccc2c(c1)OCCCO2.I. The average Bonchev–Trinajstić information content (AvgIpc) is 2.75. The summed E-state index contributed by atoms with van der Waals surface area (Å²) in [5.74, 6) is 1.83. The number of nitrogens with two attached hydrogens (primary N) is 1. The van der Waals surface area contributed by atoms with Crippen molar-refractivity contribution in [2.75, 3.05) is 38.3 Å². The number of ether oxygens (including phenoxy) is 3. The third-order valence-corrected chi connectivity index (χ3v) is 3.00. The summed E-state index contributed by atoms with van der Waals surface area (Å²) in [4.78, 5) is 4.21. The molecule has 0 spiro atoms. The van der Waals surface area contributed by atoms with Crippen molar-refractivity contribution >= 4 is 35.6 Å². The summed E-state index contributed by atoms with van der Waals surface area (Å²) in [6.07, 6.45) is 3.55. The molecule has 0 bridgehead atoms. The van der Waals surface area contributed by atoms with Crippen LogP contribution in [0, 0.1) is 0 Å². The number of aliphatic imine (C=N–C) groups is 1. The van der Waals surface area contributed by atoms with Gasteiger partial charge in [0.15, 0.2) is 17.5 Å². The van der Waals surface area contributed by atoms with Crippen LogP contribution in [0.3, 0.4) is 0 Å². The summed E-state index contributed by atoms with van der Waals surface area (Å²) in [6.45, 7) is 6.68. The first-order chi connectivity index (χ1) is 10.8. The van der Waals surface area contributed by atoms with Gasteiger partial charge in [0.2, 0.25) is 0 Å². The normalized spacial score (nSPS) is 13.7. The molecule has 0 aromatic heterocycles. The molecule has 2 rings (SSSR count). The molecular weight excluding hydrogens is 409 g/mol. The Bertz CT molecular complexity index is 523. The zero-order valence-electron chi connectivity index (χ0n) is 13.1. The van der Waals surface area contributed by atoms with Crippen molar-refractivity contribution in [1.29, 1.82) is 0 Å². The number of nitrogens with one attached hydrogen (secondary N) is 1. The van der Waals surface area contributed by atoms with E-state index in [1.54, 1.807) is 0 Å². The third-order valence-electron chi connectivity index (χ3n) is 3.00. The second-order valence-electron chi connectivity index (χ2n) is 4.79. The largest absolute Gasteiger partial charge is 0.490 e. The maximum Gasteiger partial charge on any atom is 0.193 e. The molecule has 7 heteroatoms. The summed E-state index contributed by atoms with van der Waals surface area (Å²) >= 11 is 0. The summed E-state index contributed by atoms with van der Waals surface area (Å²) < 4.78 is 16.6. The van der Waals surface area contributed by atoms with Gasteiger partial charge < -0.3 is 25.3 Å². The van der Waals surface area contributed by atoms with Gasteiger partial charge in [0, 0.05) is 18.2 Å². The van der Waals surface area contributed by atoms with Crippen LogP contribution in [0.2, 0.25) is 0 Å². The molecule has 0 atom stereocenters. The topological polar surface area (TPSA) is 78.1 Å². The summed E-state index contributed by atoms with van der Waals surface area (Å²) in [5.41, 5.74) is 6.67. The first kappa shape index (κ1) is 19.6. The minimum absolute atomic E-state index is 0. The molecule has 1 aliphatic rings. The number of halogens is 1. The molecule has 0 radical (unpaired) electrons. The van der Waals surface area contributed by atoms with E-state index in [4.69, 9.17) is 19.9 Å². The van der Waals surface area contributed by atoms with E-state index >= 15 is 0 Å². The highest BCUT2D eigenvalue weighted by atomic mass is 127. The average molecular weight is 433 g/mol. The molecule has 0 saturated carbocycles. The van der Waals surface area contributed by atoms with Crippen LogP contribution < -0.4 is 20.5 Å². The number of fused-ring (bicyclic) bond motifs is 1. The maximum atomic E-state index is 5.85. The highest BCUT2D eigenvalue weighted by molar-refractivity contribution is 14.0. The Morgan fingerprint density at radius 1 is 1.30 bits per heavy atom. The van der Waals surface area contributed by atoms with E-state index in [0.29, 0.717) is 38.9 Å². The molecule has 1 aromatic carbocycles. The Morgan fingerprint density at radius 3 is 2.87 bits per heavy atom. The van der Waals surface area contributed by atoms with Crippen LogP contribution in [0.5, 0.6) is 11.5 Å². The van der Waals surface area contributed by atoms with E-state index < -0.39 is 0 Å². The lowest BCUT2D eigenvalue weighted by Gasteiger charge is -2.10. The van der Waals surface area contributed by atoms with Gasteiger partial charge in [-0.2, -0.15) is 0 Å². The number of anilines is 1. The van der Waals surface area contributed by atoms with E-state index in [2.05, 4.69) is 16.9 Å². The Labute approximate surface area is 154 Å². The van der Waals surface area contributed by atoms with Crippen molar-refractivity contribution < 1.29 is 14.2 Å². The van der Waals surface area contributed by atoms with Crippen molar-refractivity contribution in [1.82, 2.24) is 0 Å². The fourth-order valence-electron chi connectivity index (χ4n) is 1.93. The number of hydrogen-bond acceptors (Lipinski definition) is 4. The van der Waals surface area contributed by atoms with Crippen molar-refractivity contribution in [3.8, 4) is 11.5 Å². The lowest BCUT2D eigenvalue weighted by Crippen LogP contribution is -2.23. The molecule has 23 heavy (non-hydrogen) atoms. The van der Waals surface area contributed by atoms with Crippen molar-refractivity contribution in [2.45, 2.75) is 12.8 Å². The van der Waals surface area contributed by atoms with Crippen LogP contribution in [0.4, 0.5) is 5.69 Å². The molecule has 3 N–H and O–H groups in total. The van der Waals surface area contributed by atoms with Gasteiger partial charge in [0.05, 0.1) is 33.0 Å². The molecule has 0 unspecified atom stereocenters. The van der Waals surface area contributed by atoms with E-state index in [1.807, 2.05) is 24.3 Å². The molecule has 1 aliphatic heterocycles. The van der Waals surface area contributed by atoms with Gasteiger partial charge in [0.1, 0.15) is 0 Å². The quantitative estimate of drug-likeness (QED) is 0.227. The Morgan fingerprint density at radius 2 is 2.09 bits per heavy atom. The number of hydrogen-bond donors (Lipinski definition) is 2. The lowest BCUT2D eigenvalue weighted by molar-refractivity contribution is 0.146. The van der Waals surface area contributed by atoms with Crippen molar-refractivity contribution in [2.24, 2.45) is 10.7 Å². The van der Waals surface area contributed by atoms with E-state index in [9.17, 15) is 0 Å². The fourth-order valence-corrected chi connectivity index (χ4v) is 1.93. The maximum absolute atomic E-state index is 5.85. The standard InChI is InChI=1S/C16H23N3O3.HI/c1-2-3-8-20-11-7-18-16(17)19-13-5-6-14-15(12-13)22-10-4-9-21-14;/h2,5-6,12H,1,3-4,7-11H2,(H3,17,18,19);1H. The first-order valence-corrected chi connectivity index (χ1v) is 7.45. The predicted octanol–water partition coefficient (Wildman–Crippen LogP) is 2.79. The summed E-state index contributed by atoms with van der Waals surface area (Å²) in [7, 11) is 0. The monoisotopic (exact) mass is 433 g/mol. The highest BCUT2D eigenvalue weighted by Crippen LogP contribution is 2.32. The highest BCUT2D eigenvalue weighted by Gasteiger charge is 2.10. The zero-order chi connectivity index (χ0) is 15.6. The molecule has 1 heterocycles. The molecule has 0 aliphatic carbocycles. The second-order valence-corrected chi connectivity index (χ2v) is 4.79. The van der Waals surface area contributed by atoms with Crippen LogP contribution in [-0.4, -0.2) is 38.9 Å². The Kier molecular flexibility index (Phi) is 9.46. The predicted molar refractivity (Wildman–Crippen MR) is 103 cm³/mol. The van der Waals surface area contributed by atoms with E-state index in [-0.39, 0.29) is 24.0 Å². The smallest absolute Gasteiger partial charge is 0.193 e. The van der Waals surface area contributed by atoms with Gasteiger partial charge in [-0.25, -0.2) is 0 Å². The molecule has 128 valence electrons. The van der Waals surface area contributed by atoms with Gasteiger partial charge in [-0.15, -0.1) is 30.6 Å². The Balaban J connectivity index is 0.00000264. The van der Waals surface area contributed by atoms with Crippen molar-refractivity contribution in [3.63, 3.8) is 0 Å². The van der Waals surface area contributed by atoms with E-state index in [1.165, 1.54) is 0 Å². The number of rotatable bonds is 7.